The van der Waals surface area contributed by atoms with Crippen molar-refractivity contribution >= 4 is 62.8 Å². The zero-order chi connectivity index (χ0) is 25.4. The maximum atomic E-state index is 13.9. The van der Waals surface area contributed by atoms with Crippen molar-refractivity contribution in [2.24, 2.45) is 11.7 Å². The van der Waals surface area contributed by atoms with Crippen LogP contribution in [0.3, 0.4) is 0 Å². The Labute approximate surface area is 220 Å². The van der Waals surface area contributed by atoms with Gasteiger partial charge in [0.05, 0.1) is 21.7 Å². The number of piperidine rings is 1. The van der Waals surface area contributed by atoms with Gasteiger partial charge in [0, 0.05) is 37.0 Å². The van der Waals surface area contributed by atoms with E-state index in [9.17, 15) is 14.4 Å². The van der Waals surface area contributed by atoms with Gasteiger partial charge in [0.1, 0.15) is 4.32 Å². The topological polar surface area (TPSA) is 88.6 Å². The molecule has 1 saturated carbocycles. The largest absolute Gasteiger partial charge is 0.370 e. The van der Waals surface area contributed by atoms with Crippen LogP contribution in [-0.4, -0.2) is 44.7 Å². The van der Waals surface area contributed by atoms with Gasteiger partial charge in [-0.3, -0.25) is 19.3 Å². The van der Waals surface area contributed by atoms with Crippen LogP contribution in [0.2, 0.25) is 0 Å². The number of para-hydroxylation sites is 1. The molecule has 0 radical (unpaired) electrons. The lowest BCUT2D eigenvalue weighted by Gasteiger charge is -2.34. The molecule has 3 fully saturated rings. The standard InChI is InChI=1S/C27H32N4O3S2/c1-2-30-21-11-7-6-10-19(21)23(29-14-12-17(13-15-29)24(28)32)20(25(30)33)16-22-26(34)31(27(35)36-22)18-8-4-3-5-9-18/h6-7,10-11,16-18H,2-5,8-9,12-15H2,1H3,(H2,28,32). The number of thiocarbonyl (C=S) groups is 1. The molecule has 190 valence electrons. The van der Waals surface area contributed by atoms with Gasteiger partial charge in [-0.15, -0.1) is 0 Å². The number of hydrogen-bond donors (Lipinski definition) is 1. The second kappa shape index (κ2) is 10.4. The lowest BCUT2D eigenvalue weighted by molar-refractivity contribution is -0.124. The number of primary amides is 1. The van der Waals surface area contributed by atoms with Crippen molar-refractivity contribution in [3.8, 4) is 0 Å². The predicted octanol–water partition coefficient (Wildman–Crippen LogP) is 4.26. The monoisotopic (exact) mass is 524 g/mol. The van der Waals surface area contributed by atoms with Gasteiger partial charge < -0.3 is 15.2 Å². The lowest BCUT2D eigenvalue weighted by atomic mass is 9.94. The highest BCUT2D eigenvalue weighted by Gasteiger charge is 2.38. The van der Waals surface area contributed by atoms with E-state index in [0.717, 1.165) is 42.3 Å². The molecule has 2 aromatic rings. The molecule has 2 amide bonds. The number of fused-ring (bicyclic) bond motifs is 1. The zero-order valence-corrected chi connectivity index (χ0v) is 22.2. The Kier molecular flexibility index (Phi) is 7.21. The molecular formula is C27H32N4O3S2. The summed E-state index contributed by atoms with van der Waals surface area (Å²) in [5.41, 5.74) is 7.65. The number of rotatable bonds is 5. The summed E-state index contributed by atoms with van der Waals surface area (Å²) in [5.74, 6) is -0.517. The van der Waals surface area contributed by atoms with Crippen molar-refractivity contribution in [3.63, 3.8) is 0 Å². The van der Waals surface area contributed by atoms with E-state index < -0.39 is 0 Å². The third-order valence-corrected chi connectivity index (χ3v) is 9.08. The van der Waals surface area contributed by atoms with E-state index in [-0.39, 0.29) is 29.3 Å². The van der Waals surface area contributed by atoms with Crippen LogP contribution < -0.4 is 16.2 Å². The lowest BCUT2D eigenvalue weighted by Crippen LogP contribution is -2.40. The number of hydrogen-bond acceptors (Lipinski definition) is 6. The van der Waals surface area contributed by atoms with Gasteiger partial charge >= 0.3 is 0 Å². The Bertz CT molecular complexity index is 1300. The molecule has 3 heterocycles. The van der Waals surface area contributed by atoms with Gasteiger partial charge in [0.25, 0.3) is 11.5 Å². The van der Waals surface area contributed by atoms with Gasteiger partial charge in [-0.05, 0) is 44.7 Å². The molecule has 1 aromatic heterocycles. The molecule has 0 atom stereocenters. The molecule has 1 aliphatic carbocycles. The first kappa shape index (κ1) is 25.0. The molecule has 0 bridgehead atoms. The molecule has 2 saturated heterocycles. The van der Waals surface area contributed by atoms with Crippen molar-refractivity contribution in [2.45, 2.75) is 64.5 Å². The summed E-state index contributed by atoms with van der Waals surface area (Å²) in [6.45, 7) is 3.72. The Morgan fingerprint density at radius 3 is 2.47 bits per heavy atom. The first-order valence-electron chi connectivity index (χ1n) is 12.9. The number of nitrogens with two attached hydrogens (primary N) is 1. The Hall–Kier alpha value is -2.65. The average Bonchev–Trinajstić information content (AvgIpc) is 3.17. The number of amides is 2. The average molecular weight is 525 g/mol. The van der Waals surface area contributed by atoms with Crippen molar-refractivity contribution in [2.75, 3.05) is 18.0 Å². The second-order valence-corrected chi connectivity index (χ2v) is 11.5. The number of benzene rings is 1. The maximum Gasteiger partial charge on any atom is 0.266 e. The van der Waals surface area contributed by atoms with E-state index in [0.29, 0.717) is 47.3 Å². The molecule has 7 nitrogen and oxygen atoms in total. The van der Waals surface area contributed by atoms with Gasteiger partial charge in [0.15, 0.2) is 0 Å². The first-order valence-corrected chi connectivity index (χ1v) is 14.1. The number of thioether (sulfide) groups is 1. The number of anilines is 1. The summed E-state index contributed by atoms with van der Waals surface area (Å²) < 4.78 is 2.35. The summed E-state index contributed by atoms with van der Waals surface area (Å²) in [6.07, 6.45) is 8.41. The minimum atomic E-state index is -0.271. The number of aromatic nitrogens is 1. The van der Waals surface area contributed by atoms with Crippen molar-refractivity contribution < 1.29 is 9.59 Å². The number of nitrogens with zero attached hydrogens (tertiary/aromatic N) is 3. The van der Waals surface area contributed by atoms with Crippen LogP contribution in [0, 0.1) is 5.92 Å². The molecule has 2 aliphatic heterocycles. The summed E-state index contributed by atoms with van der Waals surface area (Å²) in [6, 6.07) is 8.05. The minimum Gasteiger partial charge on any atom is -0.370 e. The molecule has 5 rings (SSSR count). The first-order chi connectivity index (χ1) is 17.4. The molecule has 9 heteroatoms. The molecule has 1 aromatic carbocycles. The highest BCUT2D eigenvalue weighted by atomic mass is 32.2. The minimum absolute atomic E-state index is 0.0918. The van der Waals surface area contributed by atoms with Crippen LogP contribution in [0.15, 0.2) is 34.0 Å². The molecule has 0 spiro atoms. The fourth-order valence-electron chi connectivity index (χ4n) is 5.85. The fraction of sp³-hybridized carbons (Fsp3) is 0.481. The van der Waals surface area contributed by atoms with Gasteiger partial charge in [-0.2, -0.15) is 0 Å². The Morgan fingerprint density at radius 2 is 1.81 bits per heavy atom. The summed E-state index contributed by atoms with van der Waals surface area (Å²) >= 11 is 6.93. The smallest absolute Gasteiger partial charge is 0.266 e. The normalized spacial score (nSPS) is 21.2. The molecule has 3 aliphatic rings. The maximum absolute atomic E-state index is 13.9. The van der Waals surface area contributed by atoms with Crippen LogP contribution in [0.4, 0.5) is 5.69 Å². The highest BCUT2D eigenvalue weighted by Crippen LogP contribution is 2.39. The van der Waals surface area contributed by atoms with Gasteiger partial charge in [-0.25, -0.2) is 0 Å². The molecule has 36 heavy (non-hydrogen) atoms. The van der Waals surface area contributed by atoms with Crippen molar-refractivity contribution in [1.82, 2.24) is 9.47 Å². The third-order valence-electron chi connectivity index (χ3n) is 7.75. The third kappa shape index (κ3) is 4.47. The van der Waals surface area contributed by atoms with Crippen LogP contribution in [-0.2, 0) is 16.1 Å². The van der Waals surface area contributed by atoms with Crippen LogP contribution in [0.5, 0.6) is 0 Å². The number of pyridine rings is 1. The van der Waals surface area contributed by atoms with E-state index in [1.807, 2.05) is 31.2 Å². The highest BCUT2D eigenvalue weighted by molar-refractivity contribution is 8.26. The van der Waals surface area contributed by atoms with Crippen molar-refractivity contribution in [3.05, 3.63) is 45.1 Å². The quantitative estimate of drug-likeness (QED) is 0.465. The summed E-state index contributed by atoms with van der Waals surface area (Å²) in [4.78, 5) is 43.6. The van der Waals surface area contributed by atoms with E-state index in [4.69, 9.17) is 18.0 Å². The number of carbonyl (C=O) groups is 2. The Morgan fingerprint density at radius 1 is 1.11 bits per heavy atom. The fourth-order valence-corrected chi connectivity index (χ4v) is 7.23. The molecule has 0 unspecified atom stereocenters. The van der Waals surface area contributed by atoms with Crippen LogP contribution >= 0.6 is 24.0 Å². The SMILES string of the molecule is CCn1c(=O)c(C=C2SC(=S)N(C3CCCCC3)C2=O)c(N2CCC(C(N)=O)CC2)c2ccccc21. The Balaban J connectivity index is 1.61. The van der Waals surface area contributed by atoms with Crippen LogP contribution in [0.1, 0.15) is 57.4 Å². The van der Waals surface area contributed by atoms with Crippen molar-refractivity contribution in [1.29, 1.82) is 0 Å². The van der Waals surface area contributed by atoms with Gasteiger partial charge in [-0.1, -0.05) is 61.4 Å². The van der Waals surface area contributed by atoms with E-state index in [2.05, 4.69) is 4.90 Å². The zero-order valence-electron chi connectivity index (χ0n) is 20.6. The van der Waals surface area contributed by atoms with E-state index in [1.165, 1.54) is 18.2 Å². The number of aryl methyl sites for hydroxylation is 1. The predicted molar refractivity (Wildman–Crippen MR) is 150 cm³/mol. The van der Waals surface area contributed by atoms with Crippen LogP contribution in [0.25, 0.3) is 17.0 Å². The van der Waals surface area contributed by atoms with E-state index >= 15 is 0 Å². The molecule has 2 N–H and O–H groups in total. The summed E-state index contributed by atoms with van der Waals surface area (Å²) in [7, 11) is 0. The number of carbonyl (C=O) groups excluding carboxylic acids is 2. The second-order valence-electron chi connectivity index (χ2n) is 9.84. The van der Waals surface area contributed by atoms with E-state index in [1.54, 1.807) is 15.5 Å². The molecular weight excluding hydrogens is 492 g/mol. The summed E-state index contributed by atoms with van der Waals surface area (Å²) in [5, 5.41) is 0.963. The van der Waals surface area contributed by atoms with Gasteiger partial charge in [0.2, 0.25) is 5.91 Å².